The summed E-state index contributed by atoms with van der Waals surface area (Å²) in [6, 6.07) is -0.741. The highest BCUT2D eigenvalue weighted by Gasteiger charge is 2.29. The Morgan fingerprint density at radius 3 is 1.56 bits per heavy atom. The standard InChI is InChI=1S/C17H22N2O6/c1-11(18-14(20)4-5-15(18)21)8-24-10-13(3)25-9-12(2)19-16(22)6-7-17(19)23/h4-7,11-13H,8-10H2,1-3H3. The third-order valence-corrected chi connectivity index (χ3v) is 3.90. The maximum atomic E-state index is 11.6. The Morgan fingerprint density at radius 2 is 1.12 bits per heavy atom. The van der Waals surface area contributed by atoms with Gasteiger partial charge in [0, 0.05) is 24.3 Å². The highest BCUT2D eigenvalue weighted by atomic mass is 16.5. The third kappa shape index (κ3) is 4.61. The van der Waals surface area contributed by atoms with Crippen LogP contribution in [0, 0.1) is 0 Å². The van der Waals surface area contributed by atoms with E-state index in [0.717, 1.165) is 9.80 Å². The van der Waals surface area contributed by atoms with Crippen molar-refractivity contribution in [2.24, 2.45) is 0 Å². The van der Waals surface area contributed by atoms with E-state index in [1.165, 1.54) is 24.3 Å². The molecule has 0 N–H and O–H groups in total. The van der Waals surface area contributed by atoms with E-state index in [9.17, 15) is 19.2 Å². The summed E-state index contributed by atoms with van der Waals surface area (Å²) in [5, 5.41) is 0. The Kier molecular flexibility index (Phi) is 6.22. The molecule has 0 bridgehead atoms. The molecule has 2 aliphatic heterocycles. The summed E-state index contributed by atoms with van der Waals surface area (Å²) in [5.74, 6) is -1.36. The van der Waals surface area contributed by atoms with Crippen LogP contribution in [0.2, 0.25) is 0 Å². The van der Waals surface area contributed by atoms with Crippen molar-refractivity contribution >= 4 is 23.6 Å². The summed E-state index contributed by atoms with van der Waals surface area (Å²) in [4.78, 5) is 48.5. The highest BCUT2D eigenvalue weighted by molar-refractivity contribution is 6.13. The summed E-state index contributed by atoms with van der Waals surface area (Å²) in [5.41, 5.74) is 0. The quantitative estimate of drug-likeness (QED) is 0.545. The molecule has 4 amide bonds. The van der Waals surface area contributed by atoms with Crippen LogP contribution in [-0.4, -0.2) is 71.4 Å². The van der Waals surface area contributed by atoms with Gasteiger partial charge in [0.25, 0.3) is 23.6 Å². The van der Waals surface area contributed by atoms with Gasteiger partial charge < -0.3 is 9.47 Å². The SMILES string of the molecule is CC(COCC(C)N1C(=O)C=CC1=O)OCC(C)N1C(=O)C=CC1=O. The molecule has 0 fully saturated rings. The lowest BCUT2D eigenvalue weighted by atomic mass is 10.3. The van der Waals surface area contributed by atoms with Crippen molar-refractivity contribution in [2.75, 3.05) is 19.8 Å². The number of carbonyl (C=O) groups is 4. The van der Waals surface area contributed by atoms with Crippen LogP contribution in [-0.2, 0) is 28.7 Å². The van der Waals surface area contributed by atoms with Gasteiger partial charge in [-0.3, -0.25) is 29.0 Å². The minimum atomic E-state index is -0.373. The van der Waals surface area contributed by atoms with Gasteiger partial charge in [-0.1, -0.05) is 0 Å². The maximum Gasteiger partial charge on any atom is 0.253 e. The van der Waals surface area contributed by atoms with Gasteiger partial charge in [0.15, 0.2) is 0 Å². The molecule has 8 heteroatoms. The number of ether oxygens (including phenoxy) is 2. The molecule has 2 aliphatic rings. The Labute approximate surface area is 146 Å². The van der Waals surface area contributed by atoms with Crippen LogP contribution in [0.1, 0.15) is 20.8 Å². The van der Waals surface area contributed by atoms with Crippen molar-refractivity contribution in [3.63, 3.8) is 0 Å². The summed E-state index contributed by atoms with van der Waals surface area (Å²) in [7, 11) is 0. The molecule has 0 aromatic rings. The molecule has 0 aromatic heterocycles. The predicted octanol–water partition coefficient (Wildman–Crippen LogP) is 0.0351. The molecule has 3 atom stereocenters. The van der Waals surface area contributed by atoms with Crippen molar-refractivity contribution < 1.29 is 28.7 Å². The fourth-order valence-electron chi connectivity index (χ4n) is 2.60. The molecule has 3 unspecified atom stereocenters. The van der Waals surface area contributed by atoms with Gasteiger partial charge in [-0.15, -0.1) is 0 Å². The first kappa shape index (κ1) is 19.0. The molecule has 0 aromatic carbocycles. The second-order valence-corrected chi connectivity index (χ2v) is 6.14. The van der Waals surface area contributed by atoms with Crippen molar-refractivity contribution in [1.29, 1.82) is 0 Å². The zero-order chi connectivity index (χ0) is 18.6. The van der Waals surface area contributed by atoms with Crippen LogP contribution in [0.5, 0.6) is 0 Å². The van der Waals surface area contributed by atoms with Gasteiger partial charge in [0.2, 0.25) is 0 Å². The van der Waals surface area contributed by atoms with E-state index in [1.54, 1.807) is 20.8 Å². The molecule has 2 heterocycles. The molecule has 0 saturated heterocycles. The minimum Gasteiger partial charge on any atom is -0.377 e. The van der Waals surface area contributed by atoms with Crippen LogP contribution >= 0.6 is 0 Å². The molecule has 8 nitrogen and oxygen atoms in total. The average Bonchev–Trinajstić information content (AvgIpc) is 3.06. The fourth-order valence-corrected chi connectivity index (χ4v) is 2.60. The van der Waals surface area contributed by atoms with Gasteiger partial charge in [0.1, 0.15) is 0 Å². The smallest absolute Gasteiger partial charge is 0.253 e. The van der Waals surface area contributed by atoms with E-state index in [-0.39, 0.29) is 61.6 Å². The van der Waals surface area contributed by atoms with E-state index in [2.05, 4.69) is 0 Å². The molecule has 25 heavy (non-hydrogen) atoms. The molecule has 0 spiro atoms. The Hall–Kier alpha value is -2.32. The number of imide groups is 2. The van der Waals surface area contributed by atoms with E-state index < -0.39 is 0 Å². The molecule has 0 aliphatic carbocycles. The number of hydrogen-bond donors (Lipinski definition) is 0. The van der Waals surface area contributed by atoms with E-state index in [4.69, 9.17) is 9.47 Å². The van der Waals surface area contributed by atoms with Crippen LogP contribution in [0.25, 0.3) is 0 Å². The van der Waals surface area contributed by atoms with E-state index in [0.29, 0.717) is 0 Å². The second kappa shape index (κ2) is 8.17. The second-order valence-electron chi connectivity index (χ2n) is 6.14. The van der Waals surface area contributed by atoms with E-state index in [1.807, 2.05) is 0 Å². The van der Waals surface area contributed by atoms with Gasteiger partial charge in [-0.2, -0.15) is 0 Å². The van der Waals surface area contributed by atoms with Gasteiger partial charge in [-0.05, 0) is 20.8 Å². The van der Waals surface area contributed by atoms with Gasteiger partial charge >= 0.3 is 0 Å². The zero-order valence-corrected chi connectivity index (χ0v) is 14.5. The summed E-state index contributed by atoms with van der Waals surface area (Å²) in [6.07, 6.45) is 4.69. The topological polar surface area (TPSA) is 93.2 Å². The van der Waals surface area contributed by atoms with E-state index >= 15 is 0 Å². The number of rotatable bonds is 9. The Bertz CT molecular complexity index is 591. The lowest BCUT2D eigenvalue weighted by Gasteiger charge is -2.25. The van der Waals surface area contributed by atoms with Gasteiger partial charge in [-0.25, -0.2) is 0 Å². The first-order valence-electron chi connectivity index (χ1n) is 8.11. The molecule has 0 radical (unpaired) electrons. The van der Waals surface area contributed by atoms with Crippen LogP contribution in [0.3, 0.4) is 0 Å². The number of carbonyl (C=O) groups excluding carboxylic acids is 4. The lowest BCUT2D eigenvalue weighted by Crippen LogP contribution is -2.42. The van der Waals surface area contributed by atoms with Crippen molar-refractivity contribution in [1.82, 2.24) is 9.80 Å². The first-order chi connectivity index (χ1) is 11.8. The van der Waals surface area contributed by atoms with Crippen LogP contribution in [0.15, 0.2) is 24.3 Å². The molecule has 0 saturated carbocycles. The largest absolute Gasteiger partial charge is 0.377 e. The molecule has 2 rings (SSSR count). The average molecular weight is 350 g/mol. The summed E-state index contributed by atoms with van der Waals surface area (Å²) in [6.45, 7) is 5.93. The molecular formula is C17H22N2O6. The molecular weight excluding hydrogens is 328 g/mol. The Balaban J connectivity index is 1.66. The predicted molar refractivity (Wildman–Crippen MR) is 87.1 cm³/mol. The Morgan fingerprint density at radius 1 is 0.720 bits per heavy atom. The zero-order valence-electron chi connectivity index (χ0n) is 14.5. The van der Waals surface area contributed by atoms with Gasteiger partial charge in [0.05, 0.1) is 38.0 Å². The molecule has 136 valence electrons. The number of amides is 4. The van der Waals surface area contributed by atoms with Crippen molar-refractivity contribution in [2.45, 2.75) is 39.0 Å². The number of nitrogens with zero attached hydrogens (tertiary/aromatic N) is 2. The highest BCUT2D eigenvalue weighted by Crippen LogP contribution is 2.11. The number of hydrogen-bond acceptors (Lipinski definition) is 6. The summed E-state index contributed by atoms with van der Waals surface area (Å²) < 4.78 is 11.1. The normalized spacial score (nSPS) is 20.8. The first-order valence-corrected chi connectivity index (χ1v) is 8.11. The third-order valence-electron chi connectivity index (χ3n) is 3.90. The minimum absolute atomic E-state index is 0.201. The van der Waals surface area contributed by atoms with Crippen LogP contribution in [0.4, 0.5) is 0 Å². The lowest BCUT2D eigenvalue weighted by molar-refractivity contribution is -0.143. The monoisotopic (exact) mass is 350 g/mol. The fraction of sp³-hybridized carbons (Fsp3) is 0.529. The van der Waals surface area contributed by atoms with Crippen molar-refractivity contribution in [3.05, 3.63) is 24.3 Å². The van der Waals surface area contributed by atoms with Crippen LogP contribution < -0.4 is 0 Å². The summed E-state index contributed by atoms with van der Waals surface area (Å²) >= 11 is 0. The van der Waals surface area contributed by atoms with Crippen molar-refractivity contribution in [3.8, 4) is 0 Å². The maximum absolute atomic E-state index is 11.6.